The average Bonchev–Trinajstić information content (AvgIpc) is 1.95. The number of hydrogen-bond donors (Lipinski definition) is 0. The third-order valence-electron chi connectivity index (χ3n) is 1.51. The van der Waals surface area contributed by atoms with Gasteiger partial charge in [-0.15, -0.1) is 0 Å². The number of likely N-dealkylation sites (tertiary alicyclic amines) is 1. The number of alkyl halides is 3. The summed E-state index contributed by atoms with van der Waals surface area (Å²) in [4.78, 5) is 12.1. The van der Waals surface area contributed by atoms with E-state index in [2.05, 4.69) is 15.9 Å². The SMILES string of the molecule is O=C(/C=C/CBr)N1CC(F)(F)C1. The zero-order valence-electron chi connectivity index (χ0n) is 6.27. The Kier molecular flexibility index (Phi) is 2.82. The Morgan fingerprint density at radius 3 is 2.58 bits per heavy atom. The summed E-state index contributed by atoms with van der Waals surface area (Å²) >= 11 is 3.08. The molecule has 1 fully saturated rings. The fraction of sp³-hybridized carbons (Fsp3) is 0.571. The predicted octanol–water partition coefficient (Wildman–Crippen LogP) is 1.42. The maximum atomic E-state index is 12.2. The summed E-state index contributed by atoms with van der Waals surface area (Å²) in [5.41, 5.74) is 0. The van der Waals surface area contributed by atoms with E-state index in [4.69, 9.17) is 0 Å². The van der Waals surface area contributed by atoms with Crippen LogP contribution in [0.3, 0.4) is 0 Å². The molecule has 1 heterocycles. The number of carbonyl (C=O) groups is 1. The van der Waals surface area contributed by atoms with Crippen LogP contribution < -0.4 is 0 Å². The lowest BCUT2D eigenvalue weighted by atomic mass is 10.1. The topological polar surface area (TPSA) is 20.3 Å². The van der Waals surface area contributed by atoms with Crippen LogP contribution in [0.25, 0.3) is 0 Å². The zero-order valence-corrected chi connectivity index (χ0v) is 7.85. The maximum absolute atomic E-state index is 12.2. The molecule has 0 spiro atoms. The lowest BCUT2D eigenvalue weighted by Gasteiger charge is -2.37. The highest BCUT2D eigenvalue weighted by Crippen LogP contribution is 2.26. The molecule has 0 aromatic heterocycles. The van der Waals surface area contributed by atoms with Crippen molar-refractivity contribution in [1.82, 2.24) is 4.90 Å². The second kappa shape index (κ2) is 3.51. The van der Waals surface area contributed by atoms with Gasteiger partial charge in [0.25, 0.3) is 5.92 Å². The highest BCUT2D eigenvalue weighted by molar-refractivity contribution is 9.09. The summed E-state index contributed by atoms with van der Waals surface area (Å²) in [5, 5.41) is 0.559. The normalized spacial score (nSPS) is 21.1. The Balaban J connectivity index is 2.33. The summed E-state index contributed by atoms with van der Waals surface area (Å²) in [6.07, 6.45) is 2.88. The van der Waals surface area contributed by atoms with Crippen LogP contribution >= 0.6 is 15.9 Å². The van der Waals surface area contributed by atoms with Crippen molar-refractivity contribution in [3.63, 3.8) is 0 Å². The standard InChI is InChI=1S/C7H8BrF2NO/c8-3-1-2-6(12)11-4-7(9,10)5-11/h1-2H,3-5H2/b2-1+. The van der Waals surface area contributed by atoms with E-state index in [0.717, 1.165) is 4.90 Å². The minimum absolute atomic E-state index is 0.347. The molecule has 1 aliphatic rings. The van der Waals surface area contributed by atoms with Gasteiger partial charge in [0.1, 0.15) is 0 Å². The van der Waals surface area contributed by atoms with Crippen molar-refractivity contribution in [2.75, 3.05) is 18.4 Å². The van der Waals surface area contributed by atoms with Crippen molar-refractivity contribution >= 4 is 21.8 Å². The molecule has 0 saturated carbocycles. The second-order valence-corrected chi connectivity index (χ2v) is 3.25. The molecular formula is C7H8BrF2NO. The Hall–Kier alpha value is -0.450. The molecule has 1 rings (SSSR count). The summed E-state index contributed by atoms with van der Waals surface area (Å²) in [5.74, 6) is -3.02. The van der Waals surface area contributed by atoms with Gasteiger partial charge in [-0.05, 0) is 6.08 Å². The van der Waals surface area contributed by atoms with Gasteiger partial charge in [-0.1, -0.05) is 22.0 Å². The lowest BCUT2D eigenvalue weighted by Crippen LogP contribution is -2.58. The van der Waals surface area contributed by atoms with Crippen molar-refractivity contribution in [2.24, 2.45) is 0 Å². The number of carbonyl (C=O) groups excluding carboxylic acids is 1. The third kappa shape index (κ3) is 2.27. The number of nitrogens with zero attached hydrogens (tertiary/aromatic N) is 1. The van der Waals surface area contributed by atoms with Crippen LogP contribution in [0, 0.1) is 0 Å². The van der Waals surface area contributed by atoms with E-state index in [1.54, 1.807) is 6.08 Å². The van der Waals surface area contributed by atoms with Gasteiger partial charge in [-0.3, -0.25) is 4.79 Å². The van der Waals surface area contributed by atoms with Gasteiger partial charge in [-0.25, -0.2) is 8.78 Å². The molecule has 1 aliphatic heterocycles. The molecule has 0 aromatic rings. The van der Waals surface area contributed by atoms with Gasteiger partial charge in [-0.2, -0.15) is 0 Å². The summed E-state index contributed by atoms with van der Waals surface area (Å²) in [6.45, 7) is -0.892. The maximum Gasteiger partial charge on any atom is 0.282 e. The molecule has 5 heteroatoms. The molecule has 1 saturated heterocycles. The fourth-order valence-electron chi connectivity index (χ4n) is 0.919. The Morgan fingerprint density at radius 1 is 1.58 bits per heavy atom. The van der Waals surface area contributed by atoms with Crippen LogP contribution in [-0.4, -0.2) is 35.1 Å². The average molecular weight is 240 g/mol. The van der Waals surface area contributed by atoms with Gasteiger partial charge in [0.2, 0.25) is 5.91 Å². The minimum Gasteiger partial charge on any atom is -0.327 e. The molecule has 0 radical (unpaired) electrons. The first-order chi connectivity index (χ1) is 5.55. The first kappa shape index (κ1) is 9.64. The lowest BCUT2D eigenvalue weighted by molar-refractivity contribution is -0.160. The van der Waals surface area contributed by atoms with E-state index < -0.39 is 19.0 Å². The quantitative estimate of drug-likeness (QED) is 0.528. The van der Waals surface area contributed by atoms with Crippen molar-refractivity contribution in [1.29, 1.82) is 0 Å². The number of rotatable bonds is 2. The van der Waals surface area contributed by atoms with Crippen LogP contribution in [-0.2, 0) is 4.79 Å². The number of hydrogen-bond acceptors (Lipinski definition) is 1. The molecular weight excluding hydrogens is 232 g/mol. The van der Waals surface area contributed by atoms with Crippen LogP contribution in [0.2, 0.25) is 0 Å². The highest BCUT2D eigenvalue weighted by atomic mass is 79.9. The molecule has 0 unspecified atom stereocenters. The summed E-state index contributed by atoms with van der Waals surface area (Å²) in [6, 6.07) is 0. The molecule has 12 heavy (non-hydrogen) atoms. The van der Waals surface area contributed by atoms with Crippen molar-refractivity contribution < 1.29 is 13.6 Å². The Morgan fingerprint density at radius 2 is 2.17 bits per heavy atom. The number of halogens is 3. The summed E-state index contributed by atoms with van der Waals surface area (Å²) < 4.78 is 24.5. The first-order valence-electron chi connectivity index (χ1n) is 3.44. The van der Waals surface area contributed by atoms with Crippen molar-refractivity contribution in [2.45, 2.75) is 5.92 Å². The predicted molar refractivity (Wildman–Crippen MR) is 44.5 cm³/mol. The van der Waals surface area contributed by atoms with Crippen LogP contribution in [0.4, 0.5) is 8.78 Å². The molecule has 68 valence electrons. The summed E-state index contributed by atoms with van der Waals surface area (Å²) in [7, 11) is 0. The van der Waals surface area contributed by atoms with Gasteiger partial charge >= 0.3 is 0 Å². The third-order valence-corrected chi connectivity index (χ3v) is 1.88. The van der Waals surface area contributed by atoms with E-state index in [1.165, 1.54) is 6.08 Å². The van der Waals surface area contributed by atoms with E-state index in [-0.39, 0.29) is 5.91 Å². The smallest absolute Gasteiger partial charge is 0.282 e. The molecule has 0 aliphatic carbocycles. The van der Waals surface area contributed by atoms with E-state index in [0.29, 0.717) is 5.33 Å². The van der Waals surface area contributed by atoms with Gasteiger partial charge in [0.15, 0.2) is 0 Å². The van der Waals surface area contributed by atoms with Crippen molar-refractivity contribution in [3.05, 3.63) is 12.2 Å². The van der Waals surface area contributed by atoms with E-state index >= 15 is 0 Å². The number of allylic oxidation sites excluding steroid dienone is 1. The van der Waals surface area contributed by atoms with Gasteiger partial charge < -0.3 is 4.90 Å². The number of amides is 1. The first-order valence-corrected chi connectivity index (χ1v) is 4.56. The largest absolute Gasteiger partial charge is 0.327 e. The van der Waals surface area contributed by atoms with E-state index in [9.17, 15) is 13.6 Å². The monoisotopic (exact) mass is 239 g/mol. The molecule has 0 aromatic carbocycles. The molecule has 0 atom stereocenters. The molecule has 0 bridgehead atoms. The zero-order chi connectivity index (χ0) is 9.19. The van der Waals surface area contributed by atoms with Crippen LogP contribution in [0.5, 0.6) is 0 Å². The van der Waals surface area contributed by atoms with E-state index in [1.807, 2.05) is 0 Å². The Bertz CT molecular complexity index is 209. The van der Waals surface area contributed by atoms with Crippen molar-refractivity contribution in [3.8, 4) is 0 Å². The van der Waals surface area contributed by atoms with Crippen LogP contribution in [0.1, 0.15) is 0 Å². The second-order valence-electron chi connectivity index (χ2n) is 2.61. The fourth-order valence-corrected chi connectivity index (χ4v) is 1.11. The van der Waals surface area contributed by atoms with Crippen LogP contribution in [0.15, 0.2) is 12.2 Å². The Labute approximate surface area is 77.4 Å². The minimum atomic E-state index is -2.67. The van der Waals surface area contributed by atoms with Gasteiger partial charge in [0.05, 0.1) is 13.1 Å². The molecule has 2 nitrogen and oxygen atoms in total. The molecule has 1 amide bonds. The van der Waals surface area contributed by atoms with Gasteiger partial charge in [0, 0.05) is 5.33 Å². The molecule has 0 N–H and O–H groups in total. The highest BCUT2D eigenvalue weighted by Gasteiger charge is 2.45.